The highest BCUT2D eigenvalue weighted by Gasteiger charge is 2.35. The minimum Gasteiger partial charge on any atom is -0.490 e. The number of hydrogen-bond acceptors (Lipinski definition) is 7. The van der Waals surface area contributed by atoms with Gasteiger partial charge in [-0.3, -0.25) is 14.5 Å². The molecule has 7 nitrogen and oxygen atoms in total. The maximum Gasteiger partial charge on any atom is 0.339 e. The molecular formula is C29H22ClNO6S2. The third-order valence-electron chi connectivity index (χ3n) is 5.94. The van der Waals surface area contributed by atoms with Crippen molar-refractivity contribution in [2.75, 3.05) is 6.61 Å². The van der Waals surface area contributed by atoms with E-state index in [0.29, 0.717) is 5.56 Å². The highest BCUT2D eigenvalue weighted by atomic mass is 35.5. The first kappa shape index (κ1) is 26.8. The van der Waals surface area contributed by atoms with E-state index in [1.165, 1.54) is 35.2 Å². The van der Waals surface area contributed by atoms with Gasteiger partial charge in [0, 0.05) is 0 Å². The number of rotatable bonds is 8. The summed E-state index contributed by atoms with van der Waals surface area (Å²) in [5.74, 6) is -0.506. The fourth-order valence-electron chi connectivity index (χ4n) is 4.15. The molecule has 1 aliphatic rings. The van der Waals surface area contributed by atoms with Crippen molar-refractivity contribution in [2.45, 2.75) is 18.4 Å². The highest BCUT2D eigenvalue weighted by Crippen LogP contribution is 2.41. The van der Waals surface area contributed by atoms with E-state index >= 15 is 0 Å². The van der Waals surface area contributed by atoms with Crippen LogP contribution in [0.25, 0.3) is 16.8 Å². The Bertz CT molecular complexity index is 1720. The Balaban J connectivity index is 1.43. The number of carbonyl (C=O) groups excluding carboxylic acids is 2. The van der Waals surface area contributed by atoms with E-state index in [1.807, 2.05) is 42.5 Å². The van der Waals surface area contributed by atoms with Gasteiger partial charge >= 0.3 is 10.1 Å². The summed E-state index contributed by atoms with van der Waals surface area (Å²) in [5.41, 5.74) is 1.31. The molecule has 0 saturated carbocycles. The monoisotopic (exact) mass is 579 g/mol. The van der Waals surface area contributed by atoms with Crippen molar-refractivity contribution in [3.63, 3.8) is 0 Å². The predicted molar refractivity (Wildman–Crippen MR) is 152 cm³/mol. The predicted octanol–water partition coefficient (Wildman–Crippen LogP) is 6.90. The molecule has 4 aromatic rings. The molecular weight excluding hydrogens is 558 g/mol. The number of thioether (sulfide) groups is 1. The zero-order valence-corrected chi connectivity index (χ0v) is 23.1. The standard InChI is InChI=1S/C29H22ClNO6S2/c1-2-36-25-16-19(15-24(30)27(25)37-39(34,35)22-12-4-3-5-13-22)17-26-28(32)31(29(33)38-26)18-21-11-8-10-20-9-6-7-14-23(20)21/h3-17H,2,18H2,1H3/b26-17-. The van der Waals surface area contributed by atoms with Gasteiger partial charge in [-0.25, -0.2) is 0 Å². The first-order valence-electron chi connectivity index (χ1n) is 11.9. The number of fused-ring (bicyclic) bond motifs is 1. The normalized spacial score (nSPS) is 14.8. The molecule has 0 radical (unpaired) electrons. The third-order valence-corrected chi connectivity index (χ3v) is 8.36. The number of amides is 2. The largest absolute Gasteiger partial charge is 0.490 e. The van der Waals surface area contributed by atoms with E-state index in [2.05, 4.69) is 0 Å². The van der Waals surface area contributed by atoms with Crippen molar-refractivity contribution >= 4 is 61.5 Å². The van der Waals surface area contributed by atoms with Gasteiger partial charge in [0.1, 0.15) is 4.90 Å². The van der Waals surface area contributed by atoms with Crippen LogP contribution in [0.1, 0.15) is 18.1 Å². The van der Waals surface area contributed by atoms with Crippen molar-refractivity contribution in [2.24, 2.45) is 0 Å². The van der Waals surface area contributed by atoms with Crippen LogP contribution in [0, 0.1) is 0 Å². The van der Waals surface area contributed by atoms with Gasteiger partial charge in [0.25, 0.3) is 11.1 Å². The summed E-state index contributed by atoms with van der Waals surface area (Å²) < 4.78 is 36.5. The van der Waals surface area contributed by atoms with Crippen molar-refractivity contribution < 1.29 is 26.9 Å². The van der Waals surface area contributed by atoms with Crippen molar-refractivity contribution in [1.82, 2.24) is 4.90 Å². The van der Waals surface area contributed by atoms with Gasteiger partial charge in [0.05, 0.1) is 23.1 Å². The summed E-state index contributed by atoms with van der Waals surface area (Å²) in [4.78, 5) is 27.4. The van der Waals surface area contributed by atoms with Gasteiger partial charge in [0.15, 0.2) is 5.75 Å². The van der Waals surface area contributed by atoms with Crippen LogP contribution in [-0.4, -0.2) is 31.1 Å². The number of hydrogen-bond donors (Lipinski definition) is 0. The number of ether oxygens (including phenoxy) is 1. The summed E-state index contributed by atoms with van der Waals surface area (Å²) in [6, 6.07) is 24.2. The van der Waals surface area contributed by atoms with E-state index in [4.69, 9.17) is 20.5 Å². The van der Waals surface area contributed by atoms with Crippen LogP contribution in [-0.2, 0) is 21.5 Å². The van der Waals surface area contributed by atoms with Gasteiger partial charge in [-0.2, -0.15) is 8.42 Å². The summed E-state index contributed by atoms with van der Waals surface area (Å²) in [7, 11) is -4.17. The fraction of sp³-hybridized carbons (Fsp3) is 0.103. The van der Waals surface area contributed by atoms with Crippen LogP contribution in [0.5, 0.6) is 11.5 Å². The minimum absolute atomic E-state index is 0.0262. The molecule has 198 valence electrons. The molecule has 0 aromatic heterocycles. The lowest BCUT2D eigenvalue weighted by Crippen LogP contribution is -2.27. The molecule has 1 saturated heterocycles. The summed E-state index contributed by atoms with van der Waals surface area (Å²) >= 11 is 7.26. The fourth-order valence-corrected chi connectivity index (χ4v) is 6.27. The van der Waals surface area contributed by atoms with E-state index < -0.39 is 16.0 Å². The zero-order chi connectivity index (χ0) is 27.6. The van der Waals surface area contributed by atoms with Crippen molar-refractivity contribution in [1.29, 1.82) is 0 Å². The Morgan fingerprint density at radius 3 is 2.44 bits per heavy atom. The molecule has 39 heavy (non-hydrogen) atoms. The average molecular weight is 580 g/mol. The average Bonchev–Trinajstić information content (AvgIpc) is 3.18. The second-order valence-corrected chi connectivity index (χ2v) is 11.5. The molecule has 1 aliphatic heterocycles. The molecule has 0 aliphatic carbocycles. The molecule has 0 N–H and O–H groups in total. The quantitative estimate of drug-likeness (QED) is 0.166. The molecule has 1 heterocycles. The Labute approximate surface area is 235 Å². The molecule has 4 aromatic carbocycles. The molecule has 0 bridgehead atoms. The lowest BCUT2D eigenvalue weighted by molar-refractivity contribution is -0.123. The van der Waals surface area contributed by atoms with E-state index in [-0.39, 0.29) is 44.7 Å². The lowest BCUT2D eigenvalue weighted by Gasteiger charge is -2.15. The number of carbonyl (C=O) groups is 2. The first-order chi connectivity index (χ1) is 18.8. The minimum atomic E-state index is -4.17. The zero-order valence-electron chi connectivity index (χ0n) is 20.7. The Hall–Kier alpha value is -3.79. The van der Waals surface area contributed by atoms with Crippen LogP contribution in [0.15, 0.2) is 94.7 Å². The number of benzene rings is 4. The van der Waals surface area contributed by atoms with Gasteiger partial charge in [-0.1, -0.05) is 72.3 Å². The first-order valence-corrected chi connectivity index (χ1v) is 14.5. The summed E-state index contributed by atoms with van der Waals surface area (Å²) in [5, 5.41) is 1.58. The maximum absolute atomic E-state index is 13.2. The highest BCUT2D eigenvalue weighted by molar-refractivity contribution is 8.18. The molecule has 0 spiro atoms. The maximum atomic E-state index is 13.2. The van der Waals surface area contributed by atoms with Gasteiger partial charge in [0.2, 0.25) is 5.75 Å². The summed E-state index contributed by atoms with van der Waals surface area (Å²) in [6.07, 6.45) is 1.53. The Morgan fingerprint density at radius 1 is 0.949 bits per heavy atom. The second-order valence-electron chi connectivity index (χ2n) is 8.52. The third kappa shape index (κ3) is 5.66. The topological polar surface area (TPSA) is 90.0 Å². The van der Waals surface area contributed by atoms with Crippen LogP contribution in [0.3, 0.4) is 0 Å². The molecule has 10 heteroatoms. The van der Waals surface area contributed by atoms with Crippen LogP contribution in [0.2, 0.25) is 5.02 Å². The Kier molecular flexibility index (Phi) is 7.65. The number of halogens is 1. The Morgan fingerprint density at radius 2 is 1.67 bits per heavy atom. The van der Waals surface area contributed by atoms with E-state index in [0.717, 1.165) is 28.1 Å². The SMILES string of the molecule is CCOc1cc(/C=C2\SC(=O)N(Cc3cccc4ccccc34)C2=O)cc(Cl)c1OS(=O)(=O)c1ccccc1. The van der Waals surface area contributed by atoms with Crippen molar-refractivity contribution in [3.05, 3.63) is 106 Å². The number of imide groups is 1. The number of nitrogens with zero attached hydrogens (tertiary/aromatic N) is 1. The van der Waals surface area contributed by atoms with Crippen LogP contribution < -0.4 is 8.92 Å². The van der Waals surface area contributed by atoms with E-state index in [9.17, 15) is 18.0 Å². The molecule has 5 rings (SSSR count). The van der Waals surface area contributed by atoms with Crippen LogP contribution >= 0.6 is 23.4 Å². The van der Waals surface area contributed by atoms with Crippen molar-refractivity contribution in [3.8, 4) is 11.5 Å². The van der Waals surface area contributed by atoms with Crippen LogP contribution in [0.4, 0.5) is 4.79 Å². The molecule has 1 fully saturated rings. The van der Waals surface area contributed by atoms with Gasteiger partial charge in [-0.05, 0) is 70.9 Å². The van der Waals surface area contributed by atoms with Gasteiger partial charge in [-0.15, -0.1) is 0 Å². The molecule has 0 atom stereocenters. The molecule has 0 unspecified atom stereocenters. The lowest BCUT2D eigenvalue weighted by atomic mass is 10.0. The smallest absolute Gasteiger partial charge is 0.339 e. The summed E-state index contributed by atoms with van der Waals surface area (Å²) in [6.45, 7) is 2.08. The van der Waals surface area contributed by atoms with Gasteiger partial charge < -0.3 is 8.92 Å². The second kappa shape index (κ2) is 11.1. The molecule has 2 amide bonds. The van der Waals surface area contributed by atoms with E-state index in [1.54, 1.807) is 25.1 Å².